The highest BCUT2D eigenvalue weighted by atomic mass is 35.5. The Bertz CT molecular complexity index is 546. The molecule has 0 aliphatic carbocycles. The van der Waals surface area contributed by atoms with E-state index in [9.17, 15) is 4.79 Å². The normalized spacial score (nSPS) is 9.74. The molecule has 0 saturated carbocycles. The van der Waals surface area contributed by atoms with Crippen LogP contribution in [0.1, 0.15) is 0 Å². The van der Waals surface area contributed by atoms with Gasteiger partial charge in [0.25, 0.3) is 5.91 Å². The quantitative estimate of drug-likeness (QED) is 0.826. The Balaban J connectivity index is 1.78. The van der Waals surface area contributed by atoms with Crippen molar-refractivity contribution in [3.8, 4) is 5.75 Å². The largest absolute Gasteiger partial charge is 0.482 e. The lowest BCUT2D eigenvalue weighted by molar-refractivity contribution is -0.122. The Morgan fingerprint density at radius 3 is 2.47 bits per heavy atom. The van der Waals surface area contributed by atoms with Gasteiger partial charge in [-0.05, 0) is 24.3 Å². The summed E-state index contributed by atoms with van der Waals surface area (Å²) in [7, 11) is 0. The molecule has 0 spiro atoms. The van der Waals surface area contributed by atoms with Gasteiger partial charge in [0.1, 0.15) is 5.75 Å². The summed E-state index contributed by atoms with van der Waals surface area (Å²) in [5, 5.41) is 0.478. The molecule has 0 bridgehead atoms. The van der Waals surface area contributed by atoms with Crippen LogP contribution in [0.15, 0.2) is 54.6 Å². The topological polar surface area (TPSA) is 50.4 Å². The molecule has 0 aromatic heterocycles. The summed E-state index contributed by atoms with van der Waals surface area (Å²) in [6, 6.07) is 16.3. The maximum absolute atomic E-state index is 11.6. The van der Waals surface area contributed by atoms with E-state index in [1.54, 1.807) is 24.3 Å². The number of hydrogen-bond donors (Lipinski definition) is 2. The van der Waals surface area contributed by atoms with Gasteiger partial charge in [-0.25, -0.2) is 0 Å². The van der Waals surface area contributed by atoms with Crippen LogP contribution in [-0.4, -0.2) is 12.5 Å². The summed E-state index contributed by atoms with van der Waals surface area (Å²) < 4.78 is 5.30. The van der Waals surface area contributed by atoms with Crippen LogP contribution in [0, 0.1) is 0 Å². The zero-order valence-electron chi connectivity index (χ0n) is 10.1. The molecule has 0 heterocycles. The molecule has 0 atom stereocenters. The van der Waals surface area contributed by atoms with Crippen LogP contribution < -0.4 is 15.6 Å². The SMILES string of the molecule is O=C(COc1ccccc1Cl)NNc1ccccc1. The van der Waals surface area contributed by atoms with Gasteiger partial charge >= 0.3 is 0 Å². The number of amides is 1. The summed E-state index contributed by atoms with van der Waals surface area (Å²) in [5.41, 5.74) is 6.11. The summed E-state index contributed by atoms with van der Waals surface area (Å²) >= 11 is 5.91. The first-order valence-corrected chi connectivity index (χ1v) is 6.11. The number of para-hydroxylation sites is 2. The summed E-state index contributed by atoms with van der Waals surface area (Å²) in [5.74, 6) is 0.197. The zero-order valence-corrected chi connectivity index (χ0v) is 10.9. The van der Waals surface area contributed by atoms with Gasteiger partial charge in [0, 0.05) is 0 Å². The second-order valence-electron chi connectivity index (χ2n) is 3.76. The summed E-state index contributed by atoms with van der Waals surface area (Å²) in [6.45, 7) is -0.108. The predicted octanol–water partition coefficient (Wildman–Crippen LogP) is 2.86. The molecule has 0 unspecified atom stereocenters. The van der Waals surface area contributed by atoms with Crippen molar-refractivity contribution in [1.82, 2.24) is 5.43 Å². The molecule has 0 aliphatic rings. The van der Waals surface area contributed by atoms with Crippen molar-refractivity contribution in [1.29, 1.82) is 0 Å². The van der Waals surface area contributed by atoms with E-state index >= 15 is 0 Å². The van der Waals surface area contributed by atoms with E-state index < -0.39 is 0 Å². The molecule has 2 aromatic carbocycles. The van der Waals surface area contributed by atoms with E-state index in [0.717, 1.165) is 5.69 Å². The van der Waals surface area contributed by atoms with Crippen molar-refractivity contribution in [3.05, 3.63) is 59.6 Å². The number of ether oxygens (including phenoxy) is 1. The van der Waals surface area contributed by atoms with Crippen molar-refractivity contribution in [2.45, 2.75) is 0 Å². The highest BCUT2D eigenvalue weighted by Gasteiger charge is 2.04. The van der Waals surface area contributed by atoms with Gasteiger partial charge < -0.3 is 4.74 Å². The third-order valence-electron chi connectivity index (χ3n) is 2.32. The highest BCUT2D eigenvalue weighted by molar-refractivity contribution is 6.32. The van der Waals surface area contributed by atoms with Crippen molar-refractivity contribution in [2.24, 2.45) is 0 Å². The predicted molar refractivity (Wildman–Crippen MR) is 75.2 cm³/mol. The molecule has 0 radical (unpaired) electrons. The minimum atomic E-state index is -0.288. The van der Waals surface area contributed by atoms with Crippen LogP contribution in [0.25, 0.3) is 0 Å². The van der Waals surface area contributed by atoms with Gasteiger partial charge in [-0.2, -0.15) is 0 Å². The molecule has 1 amide bonds. The lowest BCUT2D eigenvalue weighted by atomic mass is 10.3. The Morgan fingerprint density at radius 2 is 1.74 bits per heavy atom. The van der Waals surface area contributed by atoms with Gasteiger partial charge in [-0.1, -0.05) is 41.9 Å². The van der Waals surface area contributed by atoms with Crippen LogP contribution in [0.5, 0.6) is 5.75 Å². The monoisotopic (exact) mass is 276 g/mol. The fraction of sp³-hybridized carbons (Fsp3) is 0.0714. The Labute approximate surface area is 116 Å². The molecule has 2 rings (SSSR count). The van der Waals surface area contributed by atoms with Crippen LogP contribution >= 0.6 is 11.6 Å². The summed E-state index contributed by atoms with van der Waals surface area (Å²) in [4.78, 5) is 11.6. The number of benzene rings is 2. The number of nitrogens with one attached hydrogen (secondary N) is 2. The fourth-order valence-electron chi connectivity index (χ4n) is 1.40. The first-order chi connectivity index (χ1) is 9.25. The van der Waals surface area contributed by atoms with E-state index in [1.165, 1.54) is 0 Å². The fourth-order valence-corrected chi connectivity index (χ4v) is 1.59. The number of hydrogen-bond acceptors (Lipinski definition) is 3. The number of rotatable bonds is 5. The third-order valence-corrected chi connectivity index (χ3v) is 2.63. The Kier molecular flexibility index (Phi) is 4.64. The van der Waals surface area contributed by atoms with Crippen molar-refractivity contribution in [3.63, 3.8) is 0 Å². The number of carbonyl (C=O) groups is 1. The number of halogens is 1. The number of hydrazine groups is 1. The maximum Gasteiger partial charge on any atom is 0.276 e. The van der Waals surface area contributed by atoms with Gasteiger partial charge in [0.05, 0.1) is 10.7 Å². The molecule has 0 aliphatic heterocycles. The van der Waals surface area contributed by atoms with Crippen molar-refractivity contribution in [2.75, 3.05) is 12.0 Å². The Morgan fingerprint density at radius 1 is 1.05 bits per heavy atom. The van der Waals surface area contributed by atoms with Gasteiger partial charge in [0.2, 0.25) is 0 Å². The highest BCUT2D eigenvalue weighted by Crippen LogP contribution is 2.22. The molecule has 2 N–H and O–H groups in total. The molecule has 98 valence electrons. The minimum Gasteiger partial charge on any atom is -0.482 e. The second-order valence-corrected chi connectivity index (χ2v) is 4.17. The van der Waals surface area contributed by atoms with Gasteiger partial charge in [0.15, 0.2) is 6.61 Å². The van der Waals surface area contributed by atoms with E-state index in [1.807, 2.05) is 30.3 Å². The van der Waals surface area contributed by atoms with E-state index in [4.69, 9.17) is 16.3 Å². The van der Waals surface area contributed by atoms with Crippen LogP contribution in [0.4, 0.5) is 5.69 Å². The Hall–Kier alpha value is -2.20. The first-order valence-electron chi connectivity index (χ1n) is 5.73. The second kappa shape index (κ2) is 6.66. The molecular weight excluding hydrogens is 264 g/mol. The van der Waals surface area contributed by atoms with Gasteiger partial charge in [-0.15, -0.1) is 0 Å². The molecular formula is C14H13ClN2O2. The van der Waals surface area contributed by atoms with Crippen LogP contribution in [-0.2, 0) is 4.79 Å². The lowest BCUT2D eigenvalue weighted by Gasteiger charge is -2.10. The minimum absolute atomic E-state index is 0.108. The lowest BCUT2D eigenvalue weighted by Crippen LogP contribution is -2.33. The van der Waals surface area contributed by atoms with Crippen molar-refractivity contribution >= 4 is 23.2 Å². The number of carbonyl (C=O) groups excluding carboxylic acids is 1. The van der Waals surface area contributed by atoms with Crippen LogP contribution in [0.2, 0.25) is 5.02 Å². The van der Waals surface area contributed by atoms with E-state index in [2.05, 4.69) is 10.9 Å². The molecule has 19 heavy (non-hydrogen) atoms. The average Bonchev–Trinajstić information content (AvgIpc) is 2.45. The zero-order chi connectivity index (χ0) is 13.5. The van der Waals surface area contributed by atoms with Crippen molar-refractivity contribution < 1.29 is 9.53 Å². The average molecular weight is 277 g/mol. The maximum atomic E-state index is 11.6. The number of anilines is 1. The molecule has 0 saturated heterocycles. The van der Waals surface area contributed by atoms with E-state index in [-0.39, 0.29) is 12.5 Å². The third kappa shape index (κ3) is 4.19. The smallest absolute Gasteiger partial charge is 0.276 e. The molecule has 2 aromatic rings. The molecule has 5 heteroatoms. The molecule has 4 nitrogen and oxygen atoms in total. The summed E-state index contributed by atoms with van der Waals surface area (Å²) in [6.07, 6.45) is 0. The van der Waals surface area contributed by atoms with Crippen LogP contribution in [0.3, 0.4) is 0 Å². The van der Waals surface area contributed by atoms with E-state index in [0.29, 0.717) is 10.8 Å². The first kappa shape index (κ1) is 13.2. The van der Waals surface area contributed by atoms with Gasteiger partial charge in [-0.3, -0.25) is 15.6 Å². The molecule has 0 fully saturated rings. The standard InChI is InChI=1S/C14H13ClN2O2/c15-12-8-4-5-9-13(12)19-10-14(18)17-16-11-6-2-1-3-7-11/h1-9,16H,10H2,(H,17,18).